The van der Waals surface area contributed by atoms with Crippen molar-refractivity contribution in [3.8, 4) is 0 Å². The van der Waals surface area contributed by atoms with Crippen molar-refractivity contribution in [3.63, 3.8) is 0 Å². The van der Waals surface area contributed by atoms with Gasteiger partial charge in [-0.05, 0) is 17.7 Å². The highest BCUT2D eigenvalue weighted by atomic mass is 16.4. The second kappa shape index (κ2) is 6.51. The molecular formula is C15H15N3O3. The van der Waals surface area contributed by atoms with E-state index < -0.39 is 17.8 Å². The molecule has 0 radical (unpaired) electrons. The Morgan fingerprint density at radius 1 is 1.19 bits per heavy atom. The number of hydrogen-bond acceptors (Lipinski definition) is 4. The SMILES string of the molecule is Nc1ccc(C(=O)NCC(C(=O)O)c2ccccc2)nc1. The number of nitrogens with two attached hydrogens (primary N) is 1. The molecule has 0 bridgehead atoms. The molecule has 0 saturated carbocycles. The van der Waals surface area contributed by atoms with Crippen LogP contribution in [0.3, 0.4) is 0 Å². The number of carbonyl (C=O) groups is 2. The van der Waals surface area contributed by atoms with Crippen LogP contribution in [0.2, 0.25) is 0 Å². The standard InChI is InChI=1S/C15H15N3O3/c16-11-6-7-13(17-8-11)14(19)18-9-12(15(20)21)10-4-2-1-3-5-10/h1-8,12H,9,16H2,(H,18,19)(H,20,21). The maximum absolute atomic E-state index is 11.9. The van der Waals surface area contributed by atoms with Crippen LogP contribution in [0.4, 0.5) is 5.69 Å². The zero-order chi connectivity index (χ0) is 15.2. The van der Waals surface area contributed by atoms with E-state index in [2.05, 4.69) is 10.3 Å². The maximum atomic E-state index is 11.9. The Bertz CT molecular complexity index is 626. The molecule has 108 valence electrons. The topological polar surface area (TPSA) is 105 Å². The summed E-state index contributed by atoms with van der Waals surface area (Å²) in [6.07, 6.45) is 1.38. The monoisotopic (exact) mass is 285 g/mol. The van der Waals surface area contributed by atoms with Crippen LogP contribution in [-0.4, -0.2) is 28.5 Å². The van der Waals surface area contributed by atoms with Gasteiger partial charge in [0, 0.05) is 6.54 Å². The second-order valence-electron chi connectivity index (χ2n) is 4.49. The molecule has 1 unspecified atom stereocenters. The van der Waals surface area contributed by atoms with Crippen LogP contribution >= 0.6 is 0 Å². The van der Waals surface area contributed by atoms with Crippen LogP contribution in [-0.2, 0) is 4.79 Å². The molecule has 0 aliphatic rings. The van der Waals surface area contributed by atoms with Gasteiger partial charge in [0.15, 0.2) is 0 Å². The molecule has 1 aromatic heterocycles. The molecule has 1 amide bonds. The molecule has 1 heterocycles. The van der Waals surface area contributed by atoms with Gasteiger partial charge < -0.3 is 16.2 Å². The predicted octanol–water partition coefficient (Wildman–Crippen LogP) is 1.26. The van der Waals surface area contributed by atoms with Crippen molar-refractivity contribution in [2.45, 2.75) is 5.92 Å². The second-order valence-corrected chi connectivity index (χ2v) is 4.49. The van der Waals surface area contributed by atoms with Gasteiger partial charge in [0.25, 0.3) is 5.91 Å². The summed E-state index contributed by atoms with van der Waals surface area (Å²) >= 11 is 0. The number of carboxylic acid groups (broad SMARTS) is 1. The minimum Gasteiger partial charge on any atom is -0.481 e. The van der Waals surface area contributed by atoms with Gasteiger partial charge in [0.1, 0.15) is 5.69 Å². The lowest BCUT2D eigenvalue weighted by molar-refractivity contribution is -0.138. The summed E-state index contributed by atoms with van der Waals surface area (Å²) in [5, 5.41) is 11.8. The summed E-state index contributed by atoms with van der Waals surface area (Å²) in [7, 11) is 0. The van der Waals surface area contributed by atoms with E-state index in [1.165, 1.54) is 12.3 Å². The molecule has 0 spiro atoms. The minimum atomic E-state index is -0.994. The van der Waals surface area contributed by atoms with E-state index in [0.29, 0.717) is 11.3 Å². The molecule has 6 heteroatoms. The highest BCUT2D eigenvalue weighted by molar-refractivity contribution is 5.92. The van der Waals surface area contributed by atoms with Crippen LogP contribution in [0.1, 0.15) is 22.0 Å². The molecule has 0 fully saturated rings. The number of nitrogens with zero attached hydrogens (tertiary/aromatic N) is 1. The van der Waals surface area contributed by atoms with Crippen LogP contribution in [0, 0.1) is 0 Å². The molecule has 6 nitrogen and oxygen atoms in total. The van der Waals surface area contributed by atoms with E-state index >= 15 is 0 Å². The Morgan fingerprint density at radius 2 is 1.90 bits per heavy atom. The summed E-state index contributed by atoms with van der Waals surface area (Å²) in [4.78, 5) is 27.1. The third-order valence-electron chi connectivity index (χ3n) is 2.99. The van der Waals surface area contributed by atoms with Crippen molar-refractivity contribution in [3.05, 3.63) is 59.9 Å². The average Bonchev–Trinajstić information content (AvgIpc) is 2.48. The first-order chi connectivity index (χ1) is 10.1. The number of rotatable bonds is 5. The largest absolute Gasteiger partial charge is 0.481 e. The number of benzene rings is 1. The van der Waals surface area contributed by atoms with Gasteiger partial charge in [0.2, 0.25) is 0 Å². The summed E-state index contributed by atoms with van der Waals surface area (Å²) < 4.78 is 0. The first-order valence-corrected chi connectivity index (χ1v) is 6.35. The Labute approximate surface area is 121 Å². The maximum Gasteiger partial charge on any atom is 0.312 e. The lowest BCUT2D eigenvalue weighted by atomic mass is 9.99. The predicted molar refractivity (Wildman–Crippen MR) is 77.8 cm³/mol. The first kappa shape index (κ1) is 14.5. The molecule has 2 aromatic rings. The van der Waals surface area contributed by atoms with Gasteiger partial charge in [-0.25, -0.2) is 4.98 Å². The number of anilines is 1. The Kier molecular flexibility index (Phi) is 4.50. The van der Waals surface area contributed by atoms with Gasteiger partial charge in [-0.15, -0.1) is 0 Å². The van der Waals surface area contributed by atoms with E-state index in [0.717, 1.165) is 0 Å². The highest BCUT2D eigenvalue weighted by Crippen LogP contribution is 2.15. The van der Waals surface area contributed by atoms with Crippen molar-refractivity contribution in [2.75, 3.05) is 12.3 Å². The van der Waals surface area contributed by atoms with Crippen LogP contribution in [0.5, 0.6) is 0 Å². The van der Waals surface area contributed by atoms with E-state index in [1.807, 2.05) is 0 Å². The Hall–Kier alpha value is -2.89. The normalized spacial score (nSPS) is 11.6. The fourth-order valence-electron chi connectivity index (χ4n) is 1.86. The van der Waals surface area contributed by atoms with Gasteiger partial charge >= 0.3 is 5.97 Å². The summed E-state index contributed by atoms with van der Waals surface area (Å²) in [5.41, 5.74) is 6.78. The molecular weight excluding hydrogens is 270 g/mol. The molecule has 0 aliphatic carbocycles. The molecule has 0 saturated heterocycles. The molecule has 2 rings (SSSR count). The van der Waals surface area contributed by atoms with Crippen molar-refractivity contribution >= 4 is 17.6 Å². The number of nitrogen functional groups attached to an aromatic ring is 1. The number of hydrogen-bond donors (Lipinski definition) is 3. The van der Waals surface area contributed by atoms with E-state index in [9.17, 15) is 14.7 Å². The minimum absolute atomic E-state index is 0.00969. The fourth-order valence-corrected chi connectivity index (χ4v) is 1.86. The fraction of sp³-hybridized carbons (Fsp3) is 0.133. The molecule has 1 aromatic carbocycles. The summed E-state index contributed by atoms with van der Waals surface area (Å²) in [6.45, 7) is -0.00969. The van der Waals surface area contributed by atoms with Crippen LogP contribution in [0.25, 0.3) is 0 Å². The number of carboxylic acids is 1. The zero-order valence-electron chi connectivity index (χ0n) is 11.2. The summed E-state index contributed by atoms with van der Waals surface area (Å²) in [6, 6.07) is 11.8. The third-order valence-corrected chi connectivity index (χ3v) is 2.99. The van der Waals surface area contributed by atoms with Crippen LogP contribution < -0.4 is 11.1 Å². The van der Waals surface area contributed by atoms with Gasteiger partial charge in [-0.2, -0.15) is 0 Å². The third kappa shape index (κ3) is 3.79. The highest BCUT2D eigenvalue weighted by Gasteiger charge is 2.20. The van der Waals surface area contributed by atoms with Gasteiger partial charge in [-0.1, -0.05) is 30.3 Å². The number of aromatic nitrogens is 1. The number of carbonyl (C=O) groups excluding carboxylic acids is 1. The lowest BCUT2D eigenvalue weighted by Gasteiger charge is -2.13. The molecule has 21 heavy (non-hydrogen) atoms. The average molecular weight is 285 g/mol. The van der Waals surface area contributed by atoms with E-state index in [1.54, 1.807) is 36.4 Å². The van der Waals surface area contributed by atoms with Crippen molar-refractivity contribution in [1.82, 2.24) is 10.3 Å². The van der Waals surface area contributed by atoms with Crippen LogP contribution in [0.15, 0.2) is 48.7 Å². The Morgan fingerprint density at radius 3 is 2.48 bits per heavy atom. The molecule has 1 atom stereocenters. The number of amides is 1. The van der Waals surface area contributed by atoms with Crippen molar-refractivity contribution in [1.29, 1.82) is 0 Å². The molecule has 0 aliphatic heterocycles. The smallest absolute Gasteiger partial charge is 0.312 e. The quantitative estimate of drug-likeness (QED) is 0.767. The Balaban J connectivity index is 2.04. The van der Waals surface area contributed by atoms with Gasteiger partial charge in [0.05, 0.1) is 17.8 Å². The van der Waals surface area contributed by atoms with Gasteiger partial charge in [-0.3, -0.25) is 9.59 Å². The number of aliphatic carboxylic acids is 1. The summed E-state index contributed by atoms with van der Waals surface area (Å²) in [5.74, 6) is -2.23. The van der Waals surface area contributed by atoms with Crippen molar-refractivity contribution < 1.29 is 14.7 Å². The number of pyridine rings is 1. The van der Waals surface area contributed by atoms with Crippen molar-refractivity contribution in [2.24, 2.45) is 0 Å². The van der Waals surface area contributed by atoms with E-state index in [4.69, 9.17) is 5.73 Å². The zero-order valence-corrected chi connectivity index (χ0v) is 11.2. The number of nitrogens with one attached hydrogen (secondary N) is 1. The molecule has 4 N–H and O–H groups in total. The first-order valence-electron chi connectivity index (χ1n) is 6.35. The van der Waals surface area contributed by atoms with E-state index in [-0.39, 0.29) is 12.2 Å². The lowest BCUT2D eigenvalue weighted by Crippen LogP contribution is -2.32.